The van der Waals surface area contributed by atoms with Crippen LogP contribution >= 0.6 is 0 Å². The molecule has 0 aliphatic carbocycles. The van der Waals surface area contributed by atoms with Crippen molar-refractivity contribution in [2.45, 2.75) is 25.7 Å². The first kappa shape index (κ1) is 28.8. The van der Waals surface area contributed by atoms with Crippen molar-refractivity contribution in [1.82, 2.24) is 0 Å². The number of hydrogen-bond acceptors (Lipinski definition) is 7. The van der Waals surface area contributed by atoms with E-state index in [9.17, 15) is 23.3 Å². The number of hydrogen-bond donors (Lipinski definition) is 4. The average molecular weight is 528 g/mol. The Balaban J connectivity index is 0.000000215. The molecule has 37 heavy (non-hydrogen) atoms. The van der Waals surface area contributed by atoms with E-state index in [1.54, 1.807) is 26.0 Å². The van der Waals surface area contributed by atoms with Gasteiger partial charge in [0.15, 0.2) is 0 Å². The molecule has 0 aliphatic rings. The summed E-state index contributed by atoms with van der Waals surface area (Å²) in [6.07, 6.45) is 0. The summed E-state index contributed by atoms with van der Waals surface area (Å²) in [5, 5.41) is 37.9. The summed E-state index contributed by atoms with van der Waals surface area (Å²) in [6.45, 7) is 5.39. The van der Waals surface area contributed by atoms with Crippen molar-refractivity contribution in [3.8, 4) is 11.5 Å². The van der Waals surface area contributed by atoms with Gasteiger partial charge in [-0.2, -0.15) is 8.42 Å². The van der Waals surface area contributed by atoms with Crippen LogP contribution in [0.4, 0.5) is 5.69 Å². The van der Waals surface area contributed by atoms with Gasteiger partial charge in [0, 0.05) is 17.5 Å². The number of fused-ring (bicyclic) bond motifs is 1. The molecule has 0 spiro atoms. The minimum atomic E-state index is -4.41. The van der Waals surface area contributed by atoms with Gasteiger partial charge in [0.25, 0.3) is 15.8 Å². The van der Waals surface area contributed by atoms with E-state index >= 15 is 0 Å². The second kappa shape index (κ2) is 12.0. The zero-order chi connectivity index (χ0) is 27.9. The number of nitrogens with zero attached hydrogens (tertiary/aromatic N) is 1. The molecule has 4 aromatic carbocycles. The predicted molar refractivity (Wildman–Crippen MR) is 138 cm³/mol. The molecule has 0 atom stereocenters. The molecule has 0 saturated carbocycles. The highest BCUT2D eigenvalue weighted by Gasteiger charge is 2.17. The van der Waals surface area contributed by atoms with Gasteiger partial charge in [0.1, 0.15) is 22.0 Å². The topological polar surface area (TPSA) is 175 Å². The van der Waals surface area contributed by atoms with Crippen LogP contribution in [0.15, 0.2) is 77.7 Å². The maximum atomic E-state index is 11.2. The van der Waals surface area contributed by atoms with Crippen molar-refractivity contribution in [3.63, 3.8) is 0 Å². The van der Waals surface area contributed by atoms with Crippen LogP contribution in [-0.2, 0) is 10.1 Å². The molecule has 0 aliphatic heterocycles. The molecule has 0 heterocycles. The van der Waals surface area contributed by atoms with Crippen LogP contribution in [-0.4, -0.2) is 39.2 Å². The van der Waals surface area contributed by atoms with E-state index in [1.165, 1.54) is 36.4 Å². The Morgan fingerprint density at radius 1 is 0.811 bits per heavy atom. The van der Waals surface area contributed by atoms with Gasteiger partial charge in [-0.25, -0.2) is 4.79 Å². The number of nitro groups is 1. The maximum absolute atomic E-state index is 11.2. The Morgan fingerprint density at radius 2 is 1.46 bits per heavy atom. The Hall–Kier alpha value is -4.48. The number of phenols is 2. The van der Waals surface area contributed by atoms with Gasteiger partial charge < -0.3 is 15.3 Å². The van der Waals surface area contributed by atoms with Gasteiger partial charge in [-0.3, -0.25) is 14.7 Å². The average Bonchev–Trinajstić information content (AvgIpc) is 2.82. The number of aromatic carboxylic acids is 1. The summed E-state index contributed by atoms with van der Waals surface area (Å²) in [6, 6.07) is 18.4. The third-order valence-corrected chi connectivity index (χ3v) is 6.08. The lowest BCUT2D eigenvalue weighted by Crippen LogP contribution is -2.00. The number of rotatable bonds is 3. The van der Waals surface area contributed by atoms with Crippen LogP contribution in [0.3, 0.4) is 0 Å². The van der Waals surface area contributed by atoms with E-state index in [1.807, 2.05) is 25.1 Å². The zero-order valence-corrected chi connectivity index (χ0v) is 20.9. The van der Waals surface area contributed by atoms with E-state index in [0.29, 0.717) is 11.1 Å². The molecule has 10 nitrogen and oxygen atoms in total. The Labute approximate surface area is 213 Å². The van der Waals surface area contributed by atoms with Gasteiger partial charge in [-0.1, -0.05) is 35.9 Å². The Morgan fingerprint density at radius 3 is 1.95 bits per heavy atom. The highest BCUT2D eigenvalue weighted by Crippen LogP contribution is 2.29. The minimum Gasteiger partial charge on any atom is -0.508 e. The summed E-state index contributed by atoms with van der Waals surface area (Å²) >= 11 is 0. The van der Waals surface area contributed by atoms with E-state index in [0.717, 1.165) is 22.8 Å². The van der Waals surface area contributed by atoms with E-state index < -0.39 is 21.0 Å². The molecule has 0 unspecified atom stereocenters. The number of aromatic hydroxyl groups is 2. The summed E-state index contributed by atoms with van der Waals surface area (Å²) in [7, 11) is -4.41. The van der Waals surface area contributed by atoms with Crippen LogP contribution in [0, 0.1) is 30.9 Å². The standard InChI is InChI=1S/C11H9NO5S.C8H8O3.C7H8O/c1-7-2-5-11(18(15,16)17)10-6-8(12(13)14)3-4-9(7)10;1-5-2-3-7(9)6(4-5)8(10)11;1-6-4-2-3-5-7(6)8/h2-6H,1H3,(H,15,16,17);2-4,9H,1H3,(H,10,11);2-5,8H,1H3. The molecule has 4 N–H and O–H groups in total. The molecule has 11 heteroatoms. The fraction of sp³-hybridized carbons (Fsp3) is 0.115. The molecule has 194 valence electrons. The number of carbonyl (C=O) groups is 1. The van der Waals surface area contributed by atoms with Crippen molar-refractivity contribution in [3.05, 3.63) is 105 Å². The summed E-state index contributed by atoms with van der Waals surface area (Å²) in [5.74, 6) is -0.929. The first-order chi connectivity index (χ1) is 17.2. The van der Waals surface area contributed by atoms with Crippen molar-refractivity contribution in [2.24, 2.45) is 0 Å². The fourth-order valence-electron chi connectivity index (χ4n) is 3.18. The third-order valence-electron chi connectivity index (χ3n) is 5.16. The van der Waals surface area contributed by atoms with Gasteiger partial charge in [0.2, 0.25) is 0 Å². The number of phenolic OH excluding ortho intramolecular Hbond substituents is 1. The Bertz CT molecular complexity index is 1540. The number of carboxylic acid groups (broad SMARTS) is 1. The van der Waals surface area contributed by atoms with Crippen molar-refractivity contribution in [1.29, 1.82) is 0 Å². The maximum Gasteiger partial charge on any atom is 0.339 e. The third kappa shape index (κ3) is 7.75. The largest absolute Gasteiger partial charge is 0.508 e. The fourth-order valence-corrected chi connectivity index (χ4v) is 3.87. The van der Waals surface area contributed by atoms with Crippen LogP contribution in [0.25, 0.3) is 10.8 Å². The number of nitro benzene ring substituents is 1. The van der Waals surface area contributed by atoms with Gasteiger partial charge in [0.05, 0.1) is 4.92 Å². The molecular weight excluding hydrogens is 502 g/mol. The second-order valence-electron chi connectivity index (χ2n) is 7.95. The van der Waals surface area contributed by atoms with Gasteiger partial charge in [-0.05, 0) is 67.6 Å². The number of non-ortho nitro benzene ring substituents is 1. The van der Waals surface area contributed by atoms with E-state index in [4.69, 9.17) is 19.9 Å². The van der Waals surface area contributed by atoms with Gasteiger partial charge in [-0.15, -0.1) is 0 Å². The van der Waals surface area contributed by atoms with Crippen molar-refractivity contribution < 1.29 is 38.0 Å². The minimum absolute atomic E-state index is 0.0509. The van der Waals surface area contributed by atoms with Crippen molar-refractivity contribution in [2.75, 3.05) is 0 Å². The lowest BCUT2D eigenvalue weighted by Gasteiger charge is -2.06. The quantitative estimate of drug-likeness (QED) is 0.154. The molecule has 0 fully saturated rings. The highest BCUT2D eigenvalue weighted by molar-refractivity contribution is 7.86. The van der Waals surface area contributed by atoms with E-state index in [2.05, 4.69) is 0 Å². The first-order valence-electron chi connectivity index (χ1n) is 10.6. The molecule has 0 amide bonds. The van der Waals surface area contributed by atoms with Crippen molar-refractivity contribution >= 4 is 32.5 Å². The zero-order valence-electron chi connectivity index (χ0n) is 20.1. The van der Waals surface area contributed by atoms with E-state index in [-0.39, 0.29) is 27.3 Å². The number of benzene rings is 4. The van der Waals surface area contributed by atoms with Crippen LogP contribution in [0.1, 0.15) is 27.0 Å². The first-order valence-corrected chi connectivity index (χ1v) is 12.1. The summed E-state index contributed by atoms with van der Waals surface area (Å²) in [5.41, 5.74) is 2.24. The number of carboxylic acids is 1. The SMILES string of the molecule is Cc1ccc(O)c(C(=O)O)c1.Cc1ccc(S(=O)(=O)O)c2cc([N+](=O)[O-])ccc12.Cc1ccccc1O. The lowest BCUT2D eigenvalue weighted by molar-refractivity contribution is -0.384. The summed E-state index contributed by atoms with van der Waals surface area (Å²) < 4.78 is 31.6. The van der Waals surface area contributed by atoms with Crippen LogP contribution in [0.5, 0.6) is 11.5 Å². The number of aryl methyl sites for hydroxylation is 3. The lowest BCUT2D eigenvalue weighted by atomic mass is 10.1. The number of para-hydroxylation sites is 1. The molecular formula is C26H25NO9S. The molecule has 4 rings (SSSR count). The Kier molecular flexibility index (Phi) is 9.30. The second-order valence-corrected chi connectivity index (χ2v) is 9.34. The molecule has 0 aromatic heterocycles. The van der Waals surface area contributed by atoms with Gasteiger partial charge >= 0.3 is 5.97 Å². The molecule has 4 aromatic rings. The smallest absolute Gasteiger partial charge is 0.339 e. The van der Waals surface area contributed by atoms with Crippen LogP contribution in [0.2, 0.25) is 0 Å². The summed E-state index contributed by atoms with van der Waals surface area (Å²) in [4.78, 5) is 20.2. The monoisotopic (exact) mass is 527 g/mol. The molecule has 0 saturated heterocycles. The molecule has 0 bridgehead atoms. The predicted octanol–water partition coefficient (Wildman–Crippen LogP) is 5.40. The van der Waals surface area contributed by atoms with Crippen LogP contribution < -0.4 is 0 Å². The normalized spacial score (nSPS) is 10.5. The molecule has 0 radical (unpaired) electrons. The highest BCUT2D eigenvalue weighted by atomic mass is 32.2.